The molecule has 4 aromatic rings. The fraction of sp³-hybridized carbons (Fsp3) is 0.115. The van der Waals surface area contributed by atoms with Gasteiger partial charge in [0.2, 0.25) is 5.91 Å². The number of nitrogens with two attached hydrogens (primary N) is 1. The molecule has 2 N–H and O–H groups in total. The van der Waals surface area contributed by atoms with E-state index in [0.717, 1.165) is 15.7 Å². The van der Waals surface area contributed by atoms with Crippen LogP contribution in [-0.4, -0.2) is 15.0 Å². The van der Waals surface area contributed by atoms with Gasteiger partial charge in [-0.25, -0.2) is 9.18 Å². The van der Waals surface area contributed by atoms with Gasteiger partial charge in [-0.15, -0.1) is 0 Å². The molecule has 1 amide bonds. The summed E-state index contributed by atoms with van der Waals surface area (Å²) in [7, 11) is 0. The Morgan fingerprint density at radius 1 is 0.794 bits per heavy atom. The first kappa shape index (κ1) is 22.7. The zero-order valence-corrected chi connectivity index (χ0v) is 18.2. The van der Waals surface area contributed by atoms with Gasteiger partial charge < -0.3 is 10.5 Å². The van der Waals surface area contributed by atoms with Crippen LogP contribution in [-0.2, 0) is 19.7 Å². The molecule has 3 aromatic carbocycles. The van der Waals surface area contributed by atoms with Gasteiger partial charge in [-0.05, 0) is 53.1 Å². The zero-order chi connectivity index (χ0) is 24.1. The summed E-state index contributed by atoms with van der Waals surface area (Å²) in [5, 5.41) is 0. The van der Waals surface area contributed by atoms with E-state index >= 15 is 0 Å². The summed E-state index contributed by atoms with van der Waals surface area (Å²) in [6, 6.07) is 21.2. The number of halogens is 1. The number of ether oxygens (including phenoxy) is 1. The van der Waals surface area contributed by atoms with E-state index in [1.54, 1.807) is 48.5 Å². The van der Waals surface area contributed by atoms with Gasteiger partial charge in [-0.1, -0.05) is 36.4 Å². The molecule has 4 rings (SSSR count). The van der Waals surface area contributed by atoms with Gasteiger partial charge in [0.05, 0.1) is 13.1 Å². The highest BCUT2D eigenvalue weighted by molar-refractivity contribution is 5.92. The van der Waals surface area contributed by atoms with Crippen LogP contribution in [0.15, 0.2) is 94.6 Å². The monoisotopic (exact) mass is 459 g/mol. The number of aromatic nitrogens is 2. The number of hydrogen-bond donors (Lipinski definition) is 1. The maximum absolute atomic E-state index is 13.1. The molecule has 172 valence electrons. The van der Waals surface area contributed by atoms with Gasteiger partial charge in [-0.2, -0.15) is 0 Å². The molecule has 0 fully saturated rings. The molecular weight excluding hydrogens is 437 g/mol. The summed E-state index contributed by atoms with van der Waals surface area (Å²) in [6.07, 6.45) is 1.46. The first-order valence-corrected chi connectivity index (χ1v) is 10.5. The third-order valence-electron chi connectivity index (χ3n) is 5.31. The minimum atomic E-state index is -0.479. The Kier molecular flexibility index (Phi) is 6.68. The van der Waals surface area contributed by atoms with E-state index in [4.69, 9.17) is 10.5 Å². The van der Waals surface area contributed by atoms with Crippen LogP contribution in [0.25, 0.3) is 0 Å². The van der Waals surface area contributed by atoms with E-state index in [-0.39, 0.29) is 18.9 Å². The average Bonchev–Trinajstić information content (AvgIpc) is 2.84. The number of amides is 1. The van der Waals surface area contributed by atoms with Crippen LogP contribution in [0.1, 0.15) is 27.0 Å². The molecule has 0 saturated heterocycles. The fourth-order valence-electron chi connectivity index (χ4n) is 3.41. The number of rotatable bonds is 8. The highest BCUT2D eigenvalue weighted by Gasteiger charge is 2.08. The summed E-state index contributed by atoms with van der Waals surface area (Å²) in [5.41, 5.74) is 7.22. The molecule has 0 aliphatic rings. The maximum atomic E-state index is 13.1. The summed E-state index contributed by atoms with van der Waals surface area (Å²) < 4.78 is 21.5. The molecule has 1 aromatic heterocycles. The van der Waals surface area contributed by atoms with Crippen molar-refractivity contribution >= 4 is 5.91 Å². The zero-order valence-electron chi connectivity index (χ0n) is 18.2. The second-order valence-electron chi connectivity index (χ2n) is 7.77. The van der Waals surface area contributed by atoms with Gasteiger partial charge in [-0.3, -0.25) is 18.7 Å². The molecule has 0 spiro atoms. The lowest BCUT2D eigenvalue weighted by molar-refractivity contribution is 0.1000. The summed E-state index contributed by atoms with van der Waals surface area (Å²) in [5.74, 6) is -0.209. The Bertz CT molecular complexity index is 1410. The van der Waals surface area contributed by atoms with E-state index in [9.17, 15) is 18.8 Å². The highest BCUT2D eigenvalue weighted by Crippen LogP contribution is 2.15. The van der Waals surface area contributed by atoms with Gasteiger partial charge >= 0.3 is 5.69 Å². The molecule has 0 aliphatic heterocycles. The summed E-state index contributed by atoms with van der Waals surface area (Å²) >= 11 is 0. The average molecular weight is 459 g/mol. The Morgan fingerprint density at radius 2 is 1.38 bits per heavy atom. The molecule has 0 atom stereocenters. The smallest absolute Gasteiger partial charge is 0.331 e. The number of nitrogens with zero attached hydrogens (tertiary/aromatic N) is 2. The first-order chi connectivity index (χ1) is 16.4. The molecular formula is C26H22FN3O4. The molecule has 0 saturated carbocycles. The topological polar surface area (TPSA) is 96.3 Å². The third-order valence-corrected chi connectivity index (χ3v) is 5.31. The van der Waals surface area contributed by atoms with Gasteiger partial charge in [0, 0.05) is 17.8 Å². The lowest BCUT2D eigenvalue weighted by atomic mass is 10.1. The standard InChI is InChI=1S/C26H22FN3O4/c27-22-9-3-19(4-10-22)16-30-24(31)13-14-29(26(30)33)15-18-5-11-23(12-6-18)34-17-20-1-7-21(8-2-20)25(28)32/h1-14H,15-17H2,(H2,28,32). The van der Waals surface area contributed by atoms with Crippen LogP contribution in [0.3, 0.4) is 0 Å². The molecule has 1 heterocycles. The highest BCUT2D eigenvalue weighted by atomic mass is 19.1. The quantitative estimate of drug-likeness (QED) is 0.438. The van der Waals surface area contributed by atoms with Crippen molar-refractivity contribution in [2.45, 2.75) is 19.7 Å². The third kappa shape index (κ3) is 5.47. The number of carbonyl (C=O) groups is 1. The molecule has 0 aliphatic carbocycles. The van der Waals surface area contributed by atoms with E-state index in [0.29, 0.717) is 23.5 Å². The van der Waals surface area contributed by atoms with Crippen molar-refractivity contribution in [3.05, 3.63) is 134 Å². The number of benzene rings is 3. The largest absolute Gasteiger partial charge is 0.489 e. The van der Waals surface area contributed by atoms with Crippen molar-refractivity contribution in [1.82, 2.24) is 9.13 Å². The SMILES string of the molecule is NC(=O)c1ccc(COc2ccc(Cn3ccc(=O)n(Cc4ccc(F)cc4)c3=O)cc2)cc1. The summed E-state index contributed by atoms with van der Waals surface area (Å²) in [6.45, 7) is 0.662. The van der Waals surface area contributed by atoms with Crippen LogP contribution in [0.5, 0.6) is 5.75 Å². The van der Waals surface area contributed by atoms with Crippen molar-refractivity contribution in [2.24, 2.45) is 5.73 Å². The molecule has 0 bridgehead atoms. The van der Waals surface area contributed by atoms with Gasteiger partial charge in [0.15, 0.2) is 0 Å². The molecule has 7 nitrogen and oxygen atoms in total. The first-order valence-electron chi connectivity index (χ1n) is 10.5. The van der Waals surface area contributed by atoms with E-state index in [1.165, 1.54) is 29.0 Å². The predicted molar refractivity (Wildman–Crippen MR) is 125 cm³/mol. The Balaban J connectivity index is 1.42. The Labute approximate surface area is 194 Å². The van der Waals surface area contributed by atoms with Gasteiger partial charge in [0.25, 0.3) is 5.56 Å². The molecule has 8 heteroatoms. The lowest BCUT2D eigenvalue weighted by Crippen LogP contribution is -2.39. The van der Waals surface area contributed by atoms with Gasteiger partial charge in [0.1, 0.15) is 18.2 Å². The number of primary amides is 1. The normalized spacial score (nSPS) is 10.7. The Morgan fingerprint density at radius 3 is 2.03 bits per heavy atom. The van der Waals surface area contributed by atoms with E-state index < -0.39 is 17.2 Å². The van der Waals surface area contributed by atoms with E-state index in [1.807, 2.05) is 12.1 Å². The predicted octanol–water partition coefficient (Wildman–Crippen LogP) is 2.92. The number of carbonyl (C=O) groups excluding carboxylic acids is 1. The van der Waals surface area contributed by atoms with Crippen molar-refractivity contribution in [1.29, 1.82) is 0 Å². The number of hydrogen-bond acceptors (Lipinski definition) is 4. The Hall–Kier alpha value is -4.46. The minimum absolute atomic E-state index is 0.0615. The van der Waals surface area contributed by atoms with Crippen molar-refractivity contribution in [3.63, 3.8) is 0 Å². The van der Waals surface area contributed by atoms with E-state index in [2.05, 4.69) is 0 Å². The van der Waals surface area contributed by atoms with Crippen LogP contribution >= 0.6 is 0 Å². The van der Waals surface area contributed by atoms with Crippen LogP contribution in [0.2, 0.25) is 0 Å². The van der Waals surface area contributed by atoms with Crippen molar-refractivity contribution in [3.8, 4) is 5.75 Å². The fourth-order valence-corrected chi connectivity index (χ4v) is 3.41. The van der Waals surface area contributed by atoms with Crippen molar-refractivity contribution in [2.75, 3.05) is 0 Å². The maximum Gasteiger partial charge on any atom is 0.331 e. The molecule has 0 radical (unpaired) electrons. The second kappa shape index (κ2) is 9.99. The molecule has 34 heavy (non-hydrogen) atoms. The van der Waals surface area contributed by atoms with Crippen LogP contribution in [0.4, 0.5) is 4.39 Å². The second-order valence-corrected chi connectivity index (χ2v) is 7.77. The van der Waals surface area contributed by atoms with Crippen molar-refractivity contribution < 1.29 is 13.9 Å². The minimum Gasteiger partial charge on any atom is -0.489 e. The molecule has 0 unspecified atom stereocenters. The lowest BCUT2D eigenvalue weighted by Gasteiger charge is -2.11. The van der Waals surface area contributed by atoms with Crippen LogP contribution < -0.4 is 21.7 Å². The van der Waals surface area contributed by atoms with Crippen LogP contribution in [0, 0.1) is 5.82 Å². The summed E-state index contributed by atoms with van der Waals surface area (Å²) in [4.78, 5) is 36.2.